The van der Waals surface area contributed by atoms with E-state index < -0.39 is 5.95 Å². The first kappa shape index (κ1) is 9.02. The molecule has 0 spiro atoms. The Hall–Kier alpha value is -1.55. The van der Waals surface area contributed by atoms with Gasteiger partial charge in [0.05, 0.1) is 10.6 Å². The predicted molar refractivity (Wildman–Crippen MR) is 52.9 cm³/mol. The first-order valence-electron chi connectivity index (χ1n) is 3.96. The highest BCUT2D eigenvalue weighted by Gasteiger charge is 2.03. The van der Waals surface area contributed by atoms with E-state index in [1.165, 1.54) is 17.4 Å². The summed E-state index contributed by atoms with van der Waals surface area (Å²) in [5.74, 6) is -0.513. The monoisotopic (exact) mass is 207 g/mol. The lowest BCUT2D eigenvalue weighted by molar-refractivity contribution is 0.112. The Bertz CT molecular complexity index is 467. The topological polar surface area (TPSA) is 30.0 Å². The van der Waals surface area contributed by atoms with E-state index in [0.717, 1.165) is 11.8 Å². The van der Waals surface area contributed by atoms with Gasteiger partial charge in [-0.2, -0.15) is 4.39 Å². The fraction of sp³-hybridized carbons (Fsp3) is 0. The van der Waals surface area contributed by atoms with Crippen LogP contribution in [0.15, 0.2) is 29.6 Å². The van der Waals surface area contributed by atoms with Crippen LogP contribution < -0.4 is 0 Å². The number of halogens is 1. The molecule has 0 aliphatic heterocycles. The highest BCUT2D eigenvalue weighted by atomic mass is 32.1. The van der Waals surface area contributed by atoms with Crippen molar-refractivity contribution in [3.8, 4) is 11.3 Å². The minimum absolute atomic E-state index is 0.513. The van der Waals surface area contributed by atoms with Crippen LogP contribution in [0.2, 0.25) is 0 Å². The molecule has 0 atom stereocenters. The van der Waals surface area contributed by atoms with E-state index in [1.807, 2.05) is 0 Å². The van der Waals surface area contributed by atoms with Crippen molar-refractivity contribution in [1.82, 2.24) is 4.98 Å². The molecule has 0 N–H and O–H groups in total. The molecule has 2 rings (SSSR count). The van der Waals surface area contributed by atoms with Gasteiger partial charge in [-0.05, 0) is 18.2 Å². The molecule has 4 heteroatoms. The number of carbonyl (C=O) groups excluding carboxylic acids is 1. The molecule has 0 unspecified atom stereocenters. The standard InChI is InChI=1S/C10H6FNOS/c11-10-3-1-2-9(12-10)7-4-8(5-13)14-6-7/h1-6H. The van der Waals surface area contributed by atoms with Crippen LogP contribution in [0.25, 0.3) is 11.3 Å². The van der Waals surface area contributed by atoms with Crippen LogP contribution in [0.3, 0.4) is 0 Å². The second-order valence-electron chi connectivity index (χ2n) is 2.70. The summed E-state index contributed by atoms with van der Waals surface area (Å²) in [6, 6.07) is 6.28. The van der Waals surface area contributed by atoms with Gasteiger partial charge >= 0.3 is 0 Å². The first-order valence-corrected chi connectivity index (χ1v) is 4.84. The maximum atomic E-state index is 12.8. The van der Waals surface area contributed by atoms with Crippen molar-refractivity contribution in [2.24, 2.45) is 0 Å². The third-order valence-corrected chi connectivity index (χ3v) is 2.60. The average molecular weight is 207 g/mol. The van der Waals surface area contributed by atoms with E-state index in [2.05, 4.69) is 4.98 Å². The Labute approximate surface area is 84.0 Å². The van der Waals surface area contributed by atoms with Crippen LogP contribution in [-0.2, 0) is 0 Å². The van der Waals surface area contributed by atoms with Crippen LogP contribution in [0, 0.1) is 5.95 Å². The molecule has 0 aromatic carbocycles. The molecule has 0 bridgehead atoms. The average Bonchev–Trinajstić information content (AvgIpc) is 2.66. The van der Waals surface area contributed by atoms with Crippen LogP contribution in [0.4, 0.5) is 4.39 Å². The number of aldehydes is 1. The molecule has 2 aromatic rings. The van der Waals surface area contributed by atoms with Gasteiger partial charge < -0.3 is 0 Å². The Morgan fingerprint density at radius 1 is 1.43 bits per heavy atom. The summed E-state index contributed by atoms with van der Waals surface area (Å²) in [6.45, 7) is 0. The van der Waals surface area contributed by atoms with E-state index in [-0.39, 0.29) is 0 Å². The highest BCUT2D eigenvalue weighted by Crippen LogP contribution is 2.22. The summed E-state index contributed by atoms with van der Waals surface area (Å²) < 4.78 is 12.8. The Morgan fingerprint density at radius 2 is 2.29 bits per heavy atom. The zero-order chi connectivity index (χ0) is 9.97. The van der Waals surface area contributed by atoms with Crippen LogP contribution >= 0.6 is 11.3 Å². The third kappa shape index (κ3) is 1.70. The highest BCUT2D eigenvalue weighted by molar-refractivity contribution is 7.12. The number of rotatable bonds is 2. The van der Waals surface area contributed by atoms with Crippen LogP contribution in [-0.4, -0.2) is 11.3 Å². The zero-order valence-electron chi connectivity index (χ0n) is 7.11. The normalized spacial score (nSPS) is 10.1. The van der Waals surface area contributed by atoms with Crippen LogP contribution in [0.5, 0.6) is 0 Å². The Kier molecular flexibility index (Phi) is 2.37. The van der Waals surface area contributed by atoms with Gasteiger partial charge in [0.1, 0.15) is 0 Å². The Morgan fingerprint density at radius 3 is 2.93 bits per heavy atom. The number of pyridine rings is 1. The lowest BCUT2D eigenvalue weighted by Gasteiger charge is -1.94. The van der Waals surface area contributed by atoms with Gasteiger partial charge in [0.2, 0.25) is 5.95 Å². The molecule has 70 valence electrons. The fourth-order valence-electron chi connectivity index (χ4n) is 1.12. The second kappa shape index (κ2) is 3.67. The van der Waals surface area contributed by atoms with E-state index in [1.54, 1.807) is 23.6 Å². The lowest BCUT2D eigenvalue weighted by atomic mass is 10.2. The van der Waals surface area contributed by atoms with E-state index in [4.69, 9.17) is 0 Å². The summed E-state index contributed by atoms with van der Waals surface area (Å²) in [6.07, 6.45) is 0.771. The van der Waals surface area contributed by atoms with Gasteiger partial charge in [-0.3, -0.25) is 4.79 Å². The first-order chi connectivity index (χ1) is 6.79. The smallest absolute Gasteiger partial charge is 0.213 e. The Balaban J connectivity index is 2.43. The quantitative estimate of drug-likeness (QED) is 0.560. The molecule has 2 aromatic heterocycles. The molecule has 0 saturated carbocycles. The number of hydrogen-bond donors (Lipinski definition) is 0. The number of carbonyl (C=O) groups is 1. The molecule has 2 heterocycles. The number of aromatic nitrogens is 1. The zero-order valence-corrected chi connectivity index (χ0v) is 7.92. The molecular formula is C10H6FNOS. The van der Waals surface area contributed by atoms with Crippen molar-refractivity contribution in [3.05, 3.63) is 40.5 Å². The third-order valence-electron chi connectivity index (χ3n) is 1.75. The van der Waals surface area contributed by atoms with Crippen molar-refractivity contribution in [1.29, 1.82) is 0 Å². The summed E-state index contributed by atoms with van der Waals surface area (Å²) >= 11 is 1.32. The number of nitrogens with zero attached hydrogens (tertiary/aromatic N) is 1. The van der Waals surface area contributed by atoms with Crippen molar-refractivity contribution in [2.75, 3.05) is 0 Å². The number of thiophene rings is 1. The predicted octanol–water partition coefficient (Wildman–Crippen LogP) is 2.76. The fourth-order valence-corrected chi connectivity index (χ4v) is 1.82. The maximum absolute atomic E-state index is 12.8. The molecule has 0 amide bonds. The van der Waals surface area contributed by atoms with Gasteiger partial charge in [-0.1, -0.05) is 6.07 Å². The summed E-state index contributed by atoms with van der Waals surface area (Å²) in [4.78, 5) is 14.8. The SMILES string of the molecule is O=Cc1cc(-c2cccc(F)n2)cs1. The van der Waals surface area contributed by atoms with Crippen molar-refractivity contribution >= 4 is 17.6 Å². The van der Waals surface area contributed by atoms with Crippen molar-refractivity contribution < 1.29 is 9.18 Å². The van der Waals surface area contributed by atoms with E-state index in [9.17, 15) is 9.18 Å². The van der Waals surface area contributed by atoms with Crippen LogP contribution in [0.1, 0.15) is 9.67 Å². The molecular weight excluding hydrogens is 201 g/mol. The lowest BCUT2D eigenvalue weighted by Crippen LogP contribution is -1.84. The van der Waals surface area contributed by atoms with Gasteiger partial charge in [0.15, 0.2) is 6.29 Å². The molecule has 0 aliphatic carbocycles. The second-order valence-corrected chi connectivity index (χ2v) is 3.64. The largest absolute Gasteiger partial charge is 0.297 e. The van der Waals surface area contributed by atoms with Gasteiger partial charge in [-0.25, -0.2) is 4.98 Å². The summed E-state index contributed by atoms with van der Waals surface area (Å²) in [5, 5.41) is 1.78. The van der Waals surface area contributed by atoms with Crippen molar-refractivity contribution in [3.63, 3.8) is 0 Å². The summed E-state index contributed by atoms with van der Waals surface area (Å²) in [7, 11) is 0. The maximum Gasteiger partial charge on any atom is 0.213 e. The summed E-state index contributed by atoms with van der Waals surface area (Å²) in [5.41, 5.74) is 1.32. The molecule has 2 nitrogen and oxygen atoms in total. The number of hydrogen-bond acceptors (Lipinski definition) is 3. The van der Waals surface area contributed by atoms with Gasteiger partial charge in [0, 0.05) is 10.9 Å². The van der Waals surface area contributed by atoms with Gasteiger partial charge in [0.25, 0.3) is 0 Å². The van der Waals surface area contributed by atoms with Crippen molar-refractivity contribution in [2.45, 2.75) is 0 Å². The minimum Gasteiger partial charge on any atom is -0.297 e. The molecule has 14 heavy (non-hydrogen) atoms. The van der Waals surface area contributed by atoms with E-state index in [0.29, 0.717) is 10.6 Å². The molecule has 0 saturated heterocycles. The minimum atomic E-state index is -0.513. The molecule has 0 aliphatic rings. The molecule has 0 fully saturated rings. The molecule has 0 radical (unpaired) electrons. The van der Waals surface area contributed by atoms with E-state index >= 15 is 0 Å². The van der Waals surface area contributed by atoms with Gasteiger partial charge in [-0.15, -0.1) is 11.3 Å².